The number of carbonyl (C=O) groups excluding carboxylic acids is 3. The van der Waals surface area contributed by atoms with Crippen LogP contribution in [-0.2, 0) is 14.4 Å². The summed E-state index contributed by atoms with van der Waals surface area (Å²) in [5.74, 6) is -1.51. The number of hydrogen-bond acceptors (Lipinski definition) is 7. The quantitative estimate of drug-likeness (QED) is 0.135. The molecule has 0 unspecified atom stereocenters. The van der Waals surface area contributed by atoms with E-state index in [1.165, 1.54) is 18.2 Å². The number of nitro groups is 1. The minimum Gasteiger partial charge on any atom is -0.497 e. The van der Waals surface area contributed by atoms with Crippen LogP contribution in [0, 0.1) is 10.1 Å². The molecule has 10 nitrogen and oxygen atoms in total. The van der Waals surface area contributed by atoms with Crippen LogP contribution in [0.2, 0.25) is 0 Å². The Kier molecular flexibility index (Phi) is 6.87. The van der Waals surface area contributed by atoms with E-state index in [1.807, 2.05) is 0 Å². The first-order valence-corrected chi connectivity index (χ1v) is 10.6. The standard InChI is InChI=1S/C26H19N3O7/c1-35-21-11-7-17(8-12-21)9-14-24(30)36-23-13-10-20(29(33)34)15-18(23)16-22-25(31)27-28(26(22)32)19-5-3-2-4-6-19/h2-16H,1H3,(H,27,31)/b14-9+,22-16-. The topological polar surface area (TPSA) is 128 Å². The number of nitro benzene ring substituents is 1. The Morgan fingerprint density at radius 3 is 2.42 bits per heavy atom. The van der Waals surface area contributed by atoms with Gasteiger partial charge in [0.1, 0.15) is 17.1 Å². The molecule has 0 radical (unpaired) electrons. The third kappa shape index (κ3) is 5.28. The zero-order valence-corrected chi connectivity index (χ0v) is 18.9. The Hall–Kier alpha value is -5.25. The number of carbonyl (C=O) groups is 3. The van der Waals surface area contributed by atoms with Gasteiger partial charge >= 0.3 is 5.97 Å². The maximum atomic E-state index is 12.9. The number of hydrogen-bond donors (Lipinski definition) is 1. The average molecular weight is 485 g/mol. The molecule has 0 saturated carbocycles. The smallest absolute Gasteiger partial charge is 0.336 e. The molecule has 0 bridgehead atoms. The molecule has 1 aliphatic rings. The first kappa shape index (κ1) is 23.9. The molecular weight excluding hydrogens is 466 g/mol. The summed E-state index contributed by atoms with van der Waals surface area (Å²) in [7, 11) is 1.54. The Labute approximate surface area is 205 Å². The third-order valence-corrected chi connectivity index (χ3v) is 5.15. The summed E-state index contributed by atoms with van der Waals surface area (Å²) in [5.41, 5.74) is 3.04. The molecule has 1 heterocycles. The van der Waals surface area contributed by atoms with Crippen molar-refractivity contribution in [3.05, 3.63) is 106 Å². The molecule has 10 heteroatoms. The number of ether oxygens (including phenoxy) is 2. The molecule has 180 valence electrons. The first-order chi connectivity index (χ1) is 17.4. The fourth-order valence-electron chi connectivity index (χ4n) is 3.35. The molecule has 0 spiro atoms. The molecule has 36 heavy (non-hydrogen) atoms. The van der Waals surface area contributed by atoms with Gasteiger partial charge in [0.15, 0.2) is 0 Å². The van der Waals surface area contributed by atoms with E-state index in [0.717, 1.165) is 23.2 Å². The van der Waals surface area contributed by atoms with E-state index in [0.29, 0.717) is 17.0 Å². The van der Waals surface area contributed by atoms with Crippen molar-refractivity contribution in [1.82, 2.24) is 5.43 Å². The molecule has 1 N–H and O–H groups in total. The summed E-state index contributed by atoms with van der Waals surface area (Å²) in [4.78, 5) is 48.5. The van der Waals surface area contributed by atoms with E-state index >= 15 is 0 Å². The lowest BCUT2D eigenvalue weighted by molar-refractivity contribution is -0.384. The first-order valence-electron chi connectivity index (χ1n) is 10.6. The van der Waals surface area contributed by atoms with E-state index in [1.54, 1.807) is 61.7 Å². The zero-order chi connectivity index (χ0) is 25.7. The van der Waals surface area contributed by atoms with Gasteiger partial charge in [-0.2, -0.15) is 0 Å². The van der Waals surface area contributed by atoms with Gasteiger partial charge in [-0.15, -0.1) is 0 Å². The zero-order valence-electron chi connectivity index (χ0n) is 18.9. The third-order valence-electron chi connectivity index (χ3n) is 5.15. The van der Waals surface area contributed by atoms with Gasteiger partial charge in [0.2, 0.25) is 0 Å². The summed E-state index contributed by atoms with van der Waals surface area (Å²) in [5, 5.41) is 12.4. The second kappa shape index (κ2) is 10.3. The van der Waals surface area contributed by atoms with Gasteiger partial charge in [-0.1, -0.05) is 30.3 Å². The minimum atomic E-state index is -0.757. The predicted molar refractivity (Wildman–Crippen MR) is 131 cm³/mol. The van der Waals surface area contributed by atoms with Gasteiger partial charge in [0.25, 0.3) is 17.5 Å². The van der Waals surface area contributed by atoms with Gasteiger partial charge in [0.05, 0.1) is 17.7 Å². The fraction of sp³-hybridized carbons (Fsp3) is 0.0385. The highest BCUT2D eigenvalue weighted by atomic mass is 16.6. The van der Waals surface area contributed by atoms with Crippen LogP contribution in [0.4, 0.5) is 11.4 Å². The van der Waals surface area contributed by atoms with Crippen LogP contribution in [0.1, 0.15) is 11.1 Å². The second-order valence-electron chi connectivity index (χ2n) is 7.48. The van der Waals surface area contributed by atoms with Crippen LogP contribution in [0.5, 0.6) is 11.5 Å². The molecule has 3 aromatic rings. The maximum Gasteiger partial charge on any atom is 0.336 e. The van der Waals surface area contributed by atoms with E-state index in [9.17, 15) is 24.5 Å². The number of anilines is 1. The number of esters is 1. The van der Waals surface area contributed by atoms with Gasteiger partial charge in [-0.25, -0.2) is 9.80 Å². The number of nitrogens with one attached hydrogen (secondary N) is 1. The van der Waals surface area contributed by atoms with Crippen LogP contribution in [0.25, 0.3) is 12.2 Å². The van der Waals surface area contributed by atoms with E-state index in [4.69, 9.17) is 9.47 Å². The van der Waals surface area contributed by atoms with Crippen LogP contribution >= 0.6 is 0 Å². The number of non-ortho nitro benzene ring substituents is 1. The largest absolute Gasteiger partial charge is 0.497 e. The molecule has 2 amide bonds. The lowest BCUT2D eigenvalue weighted by Gasteiger charge is -2.13. The highest BCUT2D eigenvalue weighted by Crippen LogP contribution is 2.29. The molecule has 0 aromatic heterocycles. The van der Waals surface area contributed by atoms with Crippen molar-refractivity contribution in [1.29, 1.82) is 0 Å². The number of amides is 2. The molecule has 1 fully saturated rings. The highest BCUT2D eigenvalue weighted by molar-refractivity contribution is 6.31. The normalized spacial score (nSPS) is 14.2. The van der Waals surface area contributed by atoms with Crippen molar-refractivity contribution in [3.63, 3.8) is 0 Å². The van der Waals surface area contributed by atoms with Crippen LogP contribution in [0.3, 0.4) is 0 Å². The molecular formula is C26H19N3O7. The number of methoxy groups -OCH3 is 1. The average Bonchev–Trinajstić information content (AvgIpc) is 3.17. The van der Waals surface area contributed by atoms with Crippen molar-refractivity contribution in [2.75, 3.05) is 12.1 Å². The molecule has 4 rings (SSSR count). The monoisotopic (exact) mass is 485 g/mol. The lowest BCUT2D eigenvalue weighted by Crippen LogP contribution is -2.35. The summed E-state index contributed by atoms with van der Waals surface area (Å²) in [6.45, 7) is 0. The Morgan fingerprint density at radius 1 is 1.03 bits per heavy atom. The number of nitrogens with zero attached hydrogens (tertiary/aromatic N) is 2. The molecule has 0 aliphatic carbocycles. The molecule has 3 aromatic carbocycles. The van der Waals surface area contributed by atoms with Gasteiger partial charge < -0.3 is 9.47 Å². The summed E-state index contributed by atoms with van der Waals surface area (Å²) in [6.07, 6.45) is 3.87. The van der Waals surface area contributed by atoms with E-state index in [-0.39, 0.29) is 22.6 Å². The Morgan fingerprint density at radius 2 is 1.75 bits per heavy atom. The van der Waals surface area contributed by atoms with Crippen molar-refractivity contribution in [2.24, 2.45) is 0 Å². The molecule has 0 atom stereocenters. The fourth-order valence-corrected chi connectivity index (χ4v) is 3.35. The number of rotatable bonds is 7. The summed E-state index contributed by atoms with van der Waals surface area (Å²) < 4.78 is 10.5. The maximum absolute atomic E-state index is 12.9. The van der Waals surface area contributed by atoms with E-state index in [2.05, 4.69) is 5.43 Å². The van der Waals surface area contributed by atoms with Crippen LogP contribution < -0.4 is 19.9 Å². The van der Waals surface area contributed by atoms with Crippen molar-refractivity contribution in [3.8, 4) is 11.5 Å². The van der Waals surface area contributed by atoms with Crippen molar-refractivity contribution >= 4 is 41.3 Å². The predicted octanol–water partition coefficient (Wildman–Crippen LogP) is 3.68. The lowest BCUT2D eigenvalue weighted by atomic mass is 10.1. The van der Waals surface area contributed by atoms with Crippen LogP contribution in [0.15, 0.2) is 84.4 Å². The summed E-state index contributed by atoms with van der Waals surface area (Å²) in [6, 6.07) is 18.9. The van der Waals surface area contributed by atoms with Gasteiger partial charge in [0, 0.05) is 23.8 Å². The Bertz CT molecular complexity index is 1400. The summed E-state index contributed by atoms with van der Waals surface area (Å²) >= 11 is 0. The molecule has 1 aliphatic heterocycles. The second-order valence-corrected chi connectivity index (χ2v) is 7.48. The van der Waals surface area contributed by atoms with Crippen LogP contribution in [-0.4, -0.2) is 29.8 Å². The van der Waals surface area contributed by atoms with Crippen molar-refractivity contribution < 1.29 is 28.8 Å². The minimum absolute atomic E-state index is 0.0174. The number of para-hydroxylation sites is 1. The molecule has 1 saturated heterocycles. The van der Waals surface area contributed by atoms with E-state index < -0.39 is 22.7 Å². The van der Waals surface area contributed by atoms with Gasteiger partial charge in [-0.05, 0) is 48.0 Å². The SMILES string of the molecule is COc1ccc(/C=C/C(=O)Oc2ccc([N+](=O)[O-])cc2/C=C2/C(=O)NN(c3ccccc3)C2=O)cc1. The van der Waals surface area contributed by atoms with Crippen molar-refractivity contribution in [2.45, 2.75) is 0 Å². The number of benzene rings is 3. The highest BCUT2D eigenvalue weighted by Gasteiger charge is 2.34. The number of hydrazine groups is 1. The Balaban J connectivity index is 1.61. The van der Waals surface area contributed by atoms with Gasteiger partial charge in [-0.3, -0.25) is 25.1 Å².